The highest BCUT2D eigenvalue weighted by atomic mass is 16.7. The van der Waals surface area contributed by atoms with Crippen molar-refractivity contribution in [1.29, 1.82) is 0 Å². The Bertz CT molecular complexity index is 506. The summed E-state index contributed by atoms with van der Waals surface area (Å²) in [4.78, 5) is 2.42. The van der Waals surface area contributed by atoms with Gasteiger partial charge in [0.1, 0.15) is 0 Å². The van der Waals surface area contributed by atoms with Gasteiger partial charge in [-0.2, -0.15) is 0 Å². The highest BCUT2D eigenvalue weighted by Crippen LogP contribution is 2.45. The fourth-order valence-electron chi connectivity index (χ4n) is 4.08. The standard InChI is InChI=1S/C18H25NO3/c20-17(7-9-18(10-8-17)21-13-14-22-18)15-3-5-16(6-4-15)19-11-1-2-12-19/h3-6,20H,1-2,7-14H2. The van der Waals surface area contributed by atoms with E-state index in [1.165, 1.54) is 18.5 Å². The number of aliphatic hydroxyl groups is 1. The summed E-state index contributed by atoms with van der Waals surface area (Å²) in [5.41, 5.74) is 1.58. The predicted octanol–water partition coefficient (Wildman–Crippen LogP) is 2.79. The number of nitrogens with zero attached hydrogens (tertiary/aromatic N) is 1. The van der Waals surface area contributed by atoms with E-state index in [9.17, 15) is 5.11 Å². The molecule has 4 rings (SSSR count). The monoisotopic (exact) mass is 303 g/mol. The second kappa shape index (κ2) is 5.52. The Hall–Kier alpha value is -1.10. The Morgan fingerprint density at radius 3 is 2.05 bits per heavy atom. The van der Waals surface area contributed by atoms with Gasteiger partial charge in [0.05, 0.1) is 18.8 Å². The Kier molecular flexibility index (Phi) is 3.63. The zero-order valence-electron chi connectivity index (χ0n) is 13.1. The summed E-state index contributed by atoms with van der Waals surface area (Å²) in [6.45, 7) is 3.67. The zero-order valence-corrected chi connectivity index (χ0v) is 13.1. The van der Waals surface area contributed by atoms with Crippen LogP contribution >= 0.6 is 0 Å². The smallest absolute Gasteiger partial charge is 0.168 e. The van der Waals surface area contributed by atoms with Gasteiger partial charge >= 0.3 is 0 Å². The Morgan fingerprint density at radius 1 is 0.864 bits per heavy atom. The summed E-state index contributed by atoms with van der Waals surface area (Å²) in [7, 11) is 0. The molecule has 1 N–H and O–H groups in total. The highest BCUT2D eigenvalue weighted by Gasteiger charge is 2.46. The Morgan fingerprint density at radius 2 is 1.45 bits per heavy atom. The quantitative estimate of drug-likeness (QED) is 0.912. The molecule has 0 amide bonds. The van der Waals surface area contributed by atoms with E-state index in [1.54, 1.807) is 0 Å². The van der Waals surface area contributed by atoms with Crippen molar-refractivity contribution in [2.45, 2.75) is 49.9 Å². The molecule has 0 atom stereocenters. The van der Waals surface area contributed by atoms with Crippen LogP contribution in [0.15, 0.2) is 24.3 Å². The number of rotatable bonds is 2. The minimum atomic E-state index is -0.732. The molecule has 2 heterocycles. The second-order valence-corrected chi connectivity index (χ2v) is 6.88. The van der Waals surface area contributed by atoms with Crippen LogP contribution in [0.4, 0.5) is 5.69 Å². The van der Waals surface area contributed by atoms with Crippen molar-refractivity contribution < 1.29 is 14.6 Å². The Balaban J connectivity index is 1.47. The number of hydrogen-bond donors (Lipinski definition) is 1. The van der Waals surface area contributed by atoms with Crippen LogP contribution in [0, 0.1) is 0 Å². The van der Waals surface area contributed by atoms with E-state index >= 15 is 0 Å². The van der Waals surface area contributed by atoms with Gasteiger partial charge in [0.15, 0.2) is 5.79 Å². The molecule has 0 bridgehead atoms. The maximum Gasteiger partial charge on any atom is 0.168 e. The van der Waals surface area contributed by atoms with Crippen molar-refractivity contribution in [3.05, 3.63) is 29.8 Å². The molecular weight excluding hydrogens is 278 g/mol. The van der Waals surface area contributed by atoms with Gasteiger partial charge in [-0.3, -0.25) is 0 Å². The lowest BCUT2D eigenvalue weighted by Crippen LogP contribution is -2.42. The summed E-state index contributed by atoms with van der Waals surface area (Å²) in [5, 5.41) is 11.0. The summed E-state index contributed by atoms with van der Waals surface area (Å²) >= 11 is 0. The molecule has 22 heavy (non-hydrogen) atoms. The van der Waals surface area contributed by atoms with E-state index in [1.807, 2.05) is 0 Å². The minimum absolute atomic E-state index is 0.415. The van der Waals surface area contributed by atoms with E-state index in [-0.39, 0.29) is 0 Å². The molecule has 0 aromatic heterocycles. The SMILES string of the molecule is OC1(c2ccc(N3CCCC3)cc2)CCC2(CC1)OCCO2. The van der Waals surface area contributed by atoms with Gasteiger partial charge < -0.3 is 19.5 Å². The van der Waals surface area contributed by atoms with Gasteiger partial charge in [0.2, 0.25) is 0 Å². The normalized spacial score (nSPS) is 26.7. The lowest BCUT2D eigenvalue weighted by atomic mass is 9.77. The second-order valence-electron chi connectivity index (χ2n) is 6.88. The summed E-state index contributed by atoms with van der Waals surface area (Å²) < 4.78 is 11.5. The first-order chi connectivity index (χ1) is 10.7. The van der Waals surface area contributed by atoms with Gasteiger partial charge in [-0.1, -0.05) is 12.1 Å². The molecule has 3 fully saturated rings. The molecule has 4 heteroatoms. The van der Waals surface area contributed by atoms with Crippen molar-refractivity contribution in [1.82, 2.24) is 0 Å². The van der Waals surface area contributed by atoms with E-state index < -0.39 is 11.4 Å². The maximum atomic E-state index is 11.0. The van der Waals surface area contributed by atoms with Crippen LogP contribution in [0.25, 0.3) is 0 Å². The molecule has 2 aliphatic heterocycles. The number of benzene rings is 1. The number of hydrogen-bond acceptors (Lipinski definition) is 4. The van der Waals surface area contributed by atoms with Crippen molar-refractivity contribution >= 4 is 5.69 Å². The molecule has 3 aliphatic rings. The molecule has 1 spiro atoms. The zero-order chi connectivity index (χ0) is 15.0. The largest absolute Gasteiger partial charge is 0.385 e. The first-order valence-corrected chi connectivity index (χ1v) is 8.55. The number of ether oxygens (including phenoxy) is 2. The van der Waals surface area contributed by atoms with E-state index in [0.29, 0.717) is 26.1 Å². The van der Waals surface area contributed by atoms with Crippen molar-refractivity contribution in [2.24, 2.45) is 0 Å². The molecule has 0 radical (unpaired) electrons. The maximum absolute atomic E-state index is 11.0. The van der Waals surface area contributed by atoms with E-state index in [0.717, 1.165) is 31.5 Å². The van der Waals surface area contributed by atoms with E-state index in [4.69, 9.17) is 9.47 Å². The first kappa shape index (κ1) is 14.5. The third-order valence-corrected chi connectivity index (χ3v) is 5.53. The van der Waals surface area contributed by atoms with Crippen molar-refractivity contribution in [3.63, 3.8) is 0 Å². The first-order valence-electron chi connectivity index (χ1n) is 8.55. The van der Waals surface area contributed by atoms with Crippen LogP contribution in [0.3, 0.4) is 0 Å². The van der Waals surface area contributed by atoms with Crippen LogP contribution in [0.5, 0.6) is 0 Å². The average Bonchev–Trinajstić information content (AvgIpc) is 3.23. The highest BCUT2D eigenvalue weighted by molar-refractivity contribution is 5.49. The lowest BCUT2D eigenvalue weighted by molar-refractivity contribution is -0.204. The topological polar surface area (TPSA) is 41.9 Å². The van der Waals surface area contributed by atoms with E-state index in [2.05, 4.69) is 29.2 Å². The van der Waals surface area contributed by atoms with Crippen LogP contribution in [0.2, 0.25) is 0 Å². The van der Waals surface area contributed by atoms with Gasteiger partial charge in [-0.15, -0.1) is 0 Å². The van der Waals surface area contributed by atoms with Crippen LogP contribution < -0.4 is 4.90 Å². The van der Waals surface area contributed by atoms with Gasteiger partial charge in [-0.25, -0.2) is 0 Å². The van der Waals surface area contributed by atoms with Crippen molar-refractivity contribution in [2.75, 3.05) is 31.2 Å². The molecule has 1 aromatic carbocycles. The number of anilines is 1. The lowest BCUT2D eigenvalue weighted by Gasteiger charge is -2.40. The molecule has 2 saturated heterocycles. The average molecular weight is 303 g/mol. The predicted molar refractivity (Wildman–Crippen MR) is 84.9 cm³/mol. The molecular formula is C18H25NO3. The fraction of sp³-hybridized carbons (Fsp3) is 0.667. The molecule has 120 valence electrons. The molecule has 4 nitrogen and oxygen atoms in total. The molecule has 1 aliphatic carbocycles. The van der Waals surface area contributed by atoms with Crippen molar-refractivity contribution in [3.8, 4) is 0 Å². The minimum Gasteiger partial charge on any atom is -0.385 e. The third-order valence-electron chi connectivity index (χ3n) is 5.53. The van der Waals surface area contributed by atoms with Gasteiger partial charge in [0, 0.05) is 31.6 Å². The third kappa shape index (κ3) is 2.53. The summed E-state index contributed by atoms with van der Waals surface area (Å²) in [6.07, 6.45) is 5.53. The molecule has 0 unspecified atom stereocenters. The molecule has 1 aromatic rings. The van der Waals surface area contributed by atoms with Crippen LogP contribution in [0.1, 0.15) is 44.1 Å². The van der Waals surface area contributed by atoms with Gasteiger partial charge in [0.25, 0.3) is 0 Å². The van der Waals surface area contributed by atoms with Crippen LogP contribution in [-0.4, -0.2) is 37.2 Å². The molecule has 1 saturated carbocycles. The van der Waals surface area contributed by atoms with Gasteiger partial charge in [-0.05, 0) is 43.4 Å². The summed E-state index contributed by atoms with van der Waals surface area (Å²) in [6, 6.07) is 8.52. The summed E-state index contributed by atoms with van der Waals surface area (Å²) in [5.74, 6) is -0.415. The van der Waals surface area contributed by atoms with Crippen LogP contribution in [-0.2, 0) is 15.1 Å². The Labute approximate surface area is 132 Å². The fourth-order valence-corrected chi connectivity index (χ4v) is 4.08.